The SMILES string of the molecule is O=C(O)/C=C/CCC(O)c1ccco1. The average Bonchev–Trinajstić information content (AvgIpc) is 2.64. The van der Waals surface area contributed by atoms with E-state index in [1.807, 2.05) is 0 Å². The van der Waals surface area contributed by atoms with Crippen molar-refractivity contribution in [1.82, 2.24) is 0 Å². The van der Waals surface area contributed by atoms with Gasteiger partial charge in [0, 0.05) is 6.08 Å². The zero-order chi connectivity index (χ0) is 10.4. The zero-order valence-electron chi connectivity index (χ0n) is 7.59. The number of aliphatic hydroxyl groups excluding tert-OH is 1. The van der Waals surface area contributed by atoms with Crippen LogP contribution in [0.2, 0.25) is 0 Å². The van der Waals surface area contributed by atoms with E-state index in [2.05, 4.69) is 0 Å². The Morgan fingerprint density at radius 2 is 2.43 bits per heavy atom. The molecule has 0 amide bonds. The second kappa shape index (κ2) is 5.24. The molecule has 76 valence electrons. The van der Waals surface area contributed by atoms with Crippen molar-refractivity contribution in [1.29, 1.82) is 0 Å². The Labute approximate surface area is 81.5 Å². The van der Waals surface area contributed by atoms with Crippen LogP contribution in [0.5, 0.6) is 0 Å². The Hall–Kier alpha value is -1.55. The maximum atomic E-state index is 10.1. The molecule has 1 aromatic rings. The molecule has 1 heterocycles. The van der Waals surface area contributed by atoms with Crippen LogP contribution in [0.4, 0.5) is 0 Å². The molecule has 0 radical (unpaired) electrons. The fraction of sp³-hybridized carbons (Fsp3) is 0.300. The molecule has 0 fully saturated rings. The summed E-state index contributed by atoms with van der Waals surface area (Å²) in [5.41, 5.74) is 0. The molecular formula is C10H12O4. The van der Waals surface area contributed by atoms with Gasteiger partial charge in [-0.05, 0) is 25.0 Å². The minimum atomic E-state index is -0.975. The highest BCUT2D eigenvalue weighted by Crippen LogP contribution is 2.18. The summed E-state index contributed by atoms with van der Waals surface area (Å²) in [4.78, 5) is 10.1. The maximum absolute atomic E-state index is 10.1. The van der Waals surface area contributed by atoms with Gasteiger partial charge in [0.1, 0.15) is 11.9 Å². The van der Waals surface area contributed by atoms with Crippen LogP contribution in [-0.4, -0.2) is 16.2 Å². The van der Waals surface area contributed by atoms with E-state index in [1.54, 1.807) is 12.1 Å². The molecule has 4 nitrogen and oxygen atoms in total. The lowest BCUT2D eigenvalue weighted by atomic mass is 10.1. The predicted molar refractivity (Wildman–Crippen MR) is 49.7 cm³/mol. The van der Waals surface area contributed by atoms with E-state index in [0.717, 1.165) is 6.08 Å². The zero-order valence-corrected chi connectivity index (χ0v) is 7.59. The van der Waals surface area contributed by atoms with Gasteiger partial charge in [0.05, 0.1) is 6.26 Å². The van der Waals surface area contributed by atoms with E-state index in [9.17, 15) is 9.90 Å². The number of hydrogen-bond donors (Lipinski definition) is 2. The minimum Gasteiger partial charge on any atom is -0.478 e. The summed E-state index contributed by atoms with van der Waals surface area (Å²) < 4.78 is 4.98. The Balaban J connectivity index is 2.29. The molecule has 14 heavy (non-hydrogen) atoms. The Morgan fingerprint density at radius 3 is 3.00 bits per heavy atom. The number of furan rings is 1. The second-order valence-electron chi connectivity index (χ2n) is 2.85. The van der Waals surface area contributed by atoms with Crippen LogP contribution in [0.3, 0.4) is 0 Å². The highest BCUT2D eigenvalue weighted by molar-refractivity contribution is 5.79. The van der Waals surface area contributed by atoms with Gasteiger partial charge in [-0.15, -0.1) is 0 Å². The van der Waals surface area contributed by atoms with Crippen LogP contribution in [0.15, 0.2) is 35.0 Å². The van der Waals surface area contributed by atoms with Crippen LogP contribution in [-0.2, 0) is 4.79 Å². The van der Waals surface area contributed by atoms with E-state index in [0.29, 0.717) is 18.6 Å². The monoisotopic (exact) mass is 196 g/mol. The highest BCUT2D eigenvalue weighted by Gasteiger charge is 2.08. The van der Waals surface area contributed by atoms with Crippen molar-refractivity contribution >= 4 is 5.97 Å². The first-order chi connectivity index (χ1) is 6.70. The van der Waals surface area contributed by atoms with Crippen LogP contribution in [0.25, 0.3) is 0 Å². The lowest BCUT2D eigenvalue weighted by Crippen LogP contribution is -1.94. The number of carbonyl (C=O) groups is 1. The number of rotatable bonds is 5. The third-order valence-electron chi connectivity index (χ3n) is 1.74. The molecule has 0 aliphatic heterocycles. The number of aliphatic carboxylic acids is 1. The van der Waals surface area contributed by atoms with Gasteiger partial charge in [-0.1, -0.05) is 6.08 Å². The van der Waals surface area contributed by atoms with E-state index in [4.69, 9.17) is 9.52 Å². The molecule has 0 aliphatic carbocycles. The Bertz CT molecular complexity index is 300. The molecule has 0 aliphatic rings. The number of aliphatic hydroxyl groups is 1. The standard InChI is InChI=1S/C10H12O4/c11-8(9-5-3-7-14-9)4-1-2-6-10(12)13/h2-3,5-8,11H,1,4H2,(H,12,13)/b6-2+. The molecule has 1 rings (SSSR count). The van der Waals surface area contributed by atoms with Gasteiger partial charge in [0.15, 0.2) is 0 Å². The molecule has 1 unspecified atom stereocenters. The highest BCUT2D eigenvalue weighted by atomic mass is 16.4. The predicted octanol–water partition coefficient (Wildman–Crippen LogP) is 1.73. The van der Waals surface area contributed by atoms with Crippen molar-refractivity contribution in [3.05, 3.63) is 36.3 Å². The molecule has 0 spiro atoms. The average molecular weight is 196 g/mol. The molecule has 0 aromatic carbocycles. The van der Waals surface area contributed by atoms with Gasteiger partial charge in [0.2, 0.25) is 0 Å². The smallest absolute Gasteiger partial charge is 0.327 e. The van der Waals surface area contributed by atoms with Crippen LogP contribution in [0.1, 0.15) is 24.7 Å². The molecule has 0 saturated carbocycles. The van der Waals surface area contributed by atoms with E-state index < -0.39 is 12.1 Å². The van der Waals surface area contributed by atoms with E-state index in [1.165, 1.54) is 12.3 Å². The van der Waals surface area contributed by atoms with Gasteiger partial charge >= 0.3 is 5.97 Å². The number of hydrogen-bond acceptors (Lipinski definition) is 3. The van der Waals surface area contributed by atoms with Crippen molar-refractivity contribution in [3.63, 3.8) is 0 Å². The largest absolute Gasteiger partial charge is 0.478 e. The topological polar surface area (TPSA) is 70.7 Å². The molecule has 1 aromatic heterocycles. The van der Waals surface area contributed by atoms with Crippen LogP contribution < -0.4 is 0 Å². The Morgan fingerprint density at radius 1 is 1.64 bits per heavy atom. The van der Waals surface area contributed by atoms with Gasteiger partial charge in [-0.25, -0.2) is 4.79 Å². The first-order valence-corrected chi connectivity index (χ1v) is 4.31. The van der Waals surface area contributed by atoms with Crippen molar-refractivity contribution in [3.8, 4) is 0 Å². The molecule has 0 saturated heterocycles. The van der Waals surface area contributed by atoms with Crippen LogP contribution in [0, 0.1) is 0 Å². The van der Waals surface area contributed by atoms with Gasteiger partial charge in [0.25, 0.3) is 0 Å². The summed E-state index contributed by atoms with van der Waals surface area (Å²) in [6.45, 7) is 0. The summed E-state index contributed by atoms with van der Waals surface area (Å²) >= 11 is 0. The fourth-order valence-corrected chi connectivity index (χ4v) is 1.06. The quantitative estimate of drug-likeness (QED) is 0.703. The molecule has 4 heteroatoms. The fourth-order valence-electron chi connectivity index (χ4n) is 1.06. The van der Waals surface area contributed by atoms with Crippen molar-refractivity contribution in [2.75, 3.05) is 0 Å². The number of allylic oxidation sites excluding steroid dienone is 1. The third kappa shape index (κ3) is 3.45. The van der Waals surface area contributed by atoms with Crippen molar-refractivity contribution in [2.45, 2.75) is 18.9 Å². The van der Waals surface area contributed by atoms with E-state index in [-0.39, 0.29) is 0 Å². The summed E-state index contributed by atoms with van der Waals surface area (Å²) in [5.74, 6) is -0.466. The number of carboxylic acids is 1. The molecule has 2 N–H and O–H groups in total. The first kappa shape index (κ1) is 10.5. The molecular weight excluding hydrogens is 184 g/mol. The summed E-state index contributed by atoms with van der Waals surface area (Å²) in [6.07, 6.45) is 4.36. The second-order valence-corrected chi connectivity index (χ2v) is 2.85. The normalized spacial score (nSPS) is 13.2. The lowest BCUT2D eigenvalue weighted by molar-refractivity contribution is -0.131. The lowest BCUT2D eigenvalue weighted by Gasteiger charge is -2.04. The maximum Gasteiger partial charge on any atom is 0.327 e. The van der Waals surface area contributed by atoms with Crippen LogP contribution >= 0.6 is 0 Å². The molecule has 1 atom stereocenters. The summed E-state index contributed by atoms with van der Waals surface area (Å²) in [6, 6.07) is 3.39. The third-order valence-corrected chi connectivity index (χ3v) is 1.74. The minimum absolute atomic E-state index is 0.456. The summed E-state index contributed by atoms with van der Waals surface area (Å²) in [5, 5.41) is 17.8. The Kier molecular flexibility index (Phi) is 3.94. The number of carboxylic acid groups (broad SMARTS) is 1. The van der Waals surface area contributed by atoms with Gasteiger partial charge < -0.3 is 14.6 Å². The first-order valence-electron chi connectivity index (χ1n) is 4.31. The van der Waals surface area contributed by atoms with Crippen molar-refractivity contribution in [2.24, 2.45) is 0 Å². The van der Waals surface area contributed by atoms with Gasteiger partial charge in [-0.2, -0.15) is 0 Å². The van der Waals surface area contributed by atoms with Gasteiger partial charge in [-0.3, -0.25) is 0 Å². The summed E-state index contributed by atoms with van der Waals surface area (Å²) in [7, 11) is 0. The molecule has 0 bridgehead atoms. The van der Waals surface area contributed by atoms with Crippen molar-refractivity contribution < 1.29 is 19.4 Å². The van der Waals surface area contributed by atoms with E-state index >= 15 is 0 Å².